The Balaban J connectivity index is 1.98. The van der Waals surface area contributed by atoms with Gasteiger partial charge in [0.2, 0.25) is 0 Å². The minimum atomic E-state index is -3.83. The van der Waals surface area contributed by atoms with Crippen molar-refractivity contribution < 1.29 is 12.6 Å². The first kappa shape index (κ1) is 15.1. The van der Waals surface area contributed by atoms with Crippen molar-refractivity contribution in [2.75, 3.05) is 0 Å². The van der Waals surface area contributed by atoms with E-state index >= 15 is 0 Å². The summed E-state index contributed by atoms with van der Waals surface area (Å²) in [5, 5.41) is 1.91. The lowest BCUT2D eigenvalue weighted by atomic mass is 10.1. The Hall–Kier alpha value is -1.85. The summed E-state index contributed by atoms with van der Waals surface area (Å²) >= 11 is 3.46. The number of rotatable bonds is 3. The van der Waals surface area contributed by atoms with Gasteiger partial charge in [-0.25, -0.2) is 0 Å². The summed E-state index contributed by atoms with van der Waals surface area (Å²) < 4.78 is 30.7. The molecule has 0 aliphatic heterocycles. The standard InChI is InChI=1S/C17H13BrO3S/c1-12-5-9-15(10-6-12)22(19,20)21-14-8-7-13-3-2-4-17(18)16(13)11-14/h2-11H,1H3. The minimum Gasteiger partial charge on any atom is -0.379 e. The Morgan fingerprint density at radius 3 is 2.41 bits per heavy atom. The van der Waals surface area contributed by atoms with Crippen LogP contribution < -0.4 is 4.18 Å². The van der Waals surface area contributed by atoms with Crippen LogP contribution in [0.1, 0.15) is 5.56 Å². The molecule has 22 heavy (non-hydrogen) atoms. The first-order valence-corrected chi connectivity index (χ1v) is 8.85. The Kier molecular flexibility index (Phi) is 3.93. The zero-order chi connectivity index (χ0) is 15.7. The molecule has 0 N–H and O–H groups in total. The van der Waals surface area contributed by atoms with E-state index in [9.17, 15) is 8.42 Å². The van der Waals surface area contributed by atoms with Crippen molar-refractivity contribution in [3.63, 3.8) is 0 Å². The molecule has 0 unspecified atom stereocenters. The van der Waals surface area contributed by atoms with Crippen molar-refractivity contribution in [3.05, 3.63) is 70.7 Å². The molecule has 0 fully saturated rings. The second kappa shape index (κ2) is 5.74. The van der Waals surface area contributed by atoms with Crippen LogP contribution >= 0.6 is 15.9 Å². The highest BCUT2D eigenvalue weighted by molar-refractivity contribution is 9.10. The summed E-state index contributed by atoms with van der Waals surface area (Å²) in [4.78, 5) is 0.144. The van der Waals surface area contributed by atoms with Crippen LogP contribution in [0.15, 0.2) is 70.0 Å². The molecule has 3 rings (SSSR count). The molecule has 0 atom stereocenters. The molecule has 0 bridgehead atoms. The van der Waals surface area contributed by atoms with Crippen LogP contribution in [0.4, 0.5) is 0 Å². The highest BCUT2D eigenvalue weighted by atomic mass is 79.9. The quantitative estimate of drug-likeness (QED) is 0.623. The third kappa shape index (κ3) is 3.00. The summed E-state index contributed by atoms with van der Waals surface area (Å²) in [6, 6.07) is 17.6. The number of benzene rings is 3. The van der Waals surface area contributed by atoms with Crippen LogP contribution in [-0.2, 0) is 10.1 Å². The van der Waals surface area contributed by atoms with E-state index in [4.69, 9.17) is 4.18 Å². The summed E-state index contributed by atoms with van der Waals surface area (Å²) in [6.45, 7) is 1.90. The molecule has 0 amide bonds. The molecule has 3 aromatic carbocycles. The highest BCUT2D eigenvalue weighted by Crippen LogP contribution is 2.29. The number of hydrogen-bond acceptors (Lipinski definition) is 3. The van der Waals surface area contributed by atoms with Crippen LogP contribution in [-0.4, -0.2) is 8.42 Å². The van der Waals surface area contributed by atoms with Crippen molar-refractivity contribution in [2.45, 2.75) is 11.8 Å². The second-order valence-corrected chi connectivity index (χ2v) is 7.37. The van der Waals surface area contributed by atoms with Gasteiger partial charge >= 0.3 is 10.1 Å². The maximum Gasteiger partial charge on any atom is 0.339 e. The Labute approximate surface area is 137 Å². The number of hydrogen-bond donors (Lipinski definition) is 0. The van der Waals surface area contributed by atoms with Gasteiger partial charge in [0.25, 0.3) is 0 Å². The Morgan fingerprint density at radius 2 is 1.68 bits per heavy atom. The predicted octanol–water partition coefficient (Wildman–Crippen LogP) is 4.68. The SMILES string of the molecule is Cc1ccc(S(=O)(=O)Oc2ccc3cccc(Br)c3c2)cc1. The van der Waals surface area contributed by atoms with Gasteiger partial charge in [0, 0.05) is 4.47 Å². The Bertz CT molecular complexity index is 932. The molecule has 0 spiro atoms. The molecule has 5 heteroatoms. The van der Waals surface area contributed by atoms with Crippen molar-refractivity contribution in [1.29, 1.82) is 0 Å². The molecule has 0 aliphatic rings. The maximum absolute atomic E-state index is 12.3. The second-order valence-electron chi connectivity index (χ2n) is 4.97. The third-order valence-corrected chi connectivity index (χ3v) is 5.27. The lowest BCUT2D eigenvalue weighted by Crippen LogP contribution is -2.09. The van der Waals surface area contributed by atoms with Gasteiger partial charge in [-0.1, -0.05) is 51.8 Å². The normalized spacial score (nSPS) is 11.5. The van der Waals surface area contributed by atoms with Gasteiger partial charge in [0.1, 0.15) is 10.6 Å². The molecular weight excluding hydrogens is 364 g/mol. The van der Waals surface area contributed by atoms with Crippen LogP contribution in [0.3, 0.4) is 0 Å². The first-order chi connectivity index (χ1) is 10.5. The van der Waals surface area contributed by atoms with Crippen molar-refractivity contribution in [2.24, 2.45) is 0 Å². The van der Waals surface area contributed by atoms with E-state index in [2.05, 4.69) is 15.9 Å². The predicted molar refractivity (Wildman–Crippen MR) is 90.6 cm³/mol. The summed E-state index contributed by atoms with van der Waals surface area (Å²) in [6.07, 6.45) is 0. The molecule has 0 saturated heterocycles. The van der Waals surface area contributed by atoms with Gasteiger partial charge in [0.05, 0.1) is 0 Å². The van der Waals surface area contributed by atoms with Crippen LogP contribution in [0.5, 0.6) is 5.75 Å². The van der Waals surface area contributed by atoms with Crippen LogP contribution in [0.25, 0.3) is 10.8 Å². The van der Waals surface area contributed by atoms with Gasteiger partial charge in [-0.15, -0.1) is 0 Å². The van der Waals surface area contributed by atoms with Crippen LogP contribution in [0.2, 0.25) is 0 Å². The van der Waals surface area contributed by atoms with E-state index in [0.717, 1.165) is 20.8 Å². The van der Waals surface area contributed by atoms with Gasteiger partial charge < -0.3 is 4.18 Å². The minimum absolute atomic E-state index is 0.144. The summed E-state index contributed by atoms with van der Waals surface area (Å²) in [7, 11) is -3.83. The van der Waals surface area contributed by atoms with E-state index in [0.29, 0.717) is 5.75 Å². The fraction of sp³-hybridized carbons (Fsp3) is 0.0588. The Morgan fingerprint density at radius 1 is 0.955 bits per heavy atom. The maximum atomic E-state index is 12.3. The molecule has 0 heterocycles. The fourth-order valence-electron chi connectivity index (χ4n) is 2.15. The lowest BCUT2D eigenvalue weighted by molar-refractivity contribution is 0.486. The monoisotopic (exact) mass is 376 g/mol. The molecule has 3 aromatic rings. The molecule has 112 valence electrons. The number of halogens is 1. The van der Waals surface area contributed by atoms with Gasteiger partial charge in [-0.3, -0.25) is 0 Å². The highest BCUT2D eigenvalue weighted by Gasteiger charge is 2.16. The molecule has 0 saturated carbocycles. The van der Waals surface area contributed by atoms with Crippen molar-refractivity contribution >= 4 is 36.8 Å². The first-order valence-electron chi connectivity index (χ1n) is 6.65. The van der Waals surface area contributed by atoms with E-state index in [1.165, 1.54) is 0 Å². The molecular formula is C17H13BrO3S. The molecule has 0 radical (unpaired) electrons. The zero-order valence-corrected chi connectivity index (χ0v) is 14.2. The van der Waals surface area contributed by atoms with Crippen LogP contribution in [0, 0.1) is 6.92 Å². The summed E-state index contributed by atoms with van der Waals surface area (Å²) in [5.74, 6) is 0.292. The van der Waals surface area contributed by atoms with Crippen molar-refractivity contribution in [3.8, 4) is 5.75 Å². The van der Waals surface area contributed by atoms with Gasteiger partial charge in [0.15, 0.2) is 0 Å². The molecule has 0 aliphatic carbocycles. The van der Waals surface area contributed by atoms with E-state index in [1.807, 2.05) is 31.2 Å². The van der Waals surface area contributed by atoms with E-state index in [-0.39, 0.29) is 4.90 Å². The largest absolute Gasteiger partial charge is 0.379 e. The zero-order valence-electron chi connectivity index (χ0n) is 11.8. The molecule has 3 nitrogen and oxygen atoms in total. The average Bonchev–Trinajstić information content (AvgIpc) is 2.48. The average molecular weight is 377 g/mol. The smallest absolute Gasteiger partial charge is 0.339 e. The fourth-order valence-corrected chi connectivity index (χ4v) is 3.56. The molecule has 0 aromatic heterocycles. The lowest BCUT2D eigenvalue weighted by Gasteiger charge is -2.09. The van der Waals surface area contributed by atoms with E-state index < -0.39 is 10.1 Å². The van der Waals surface area contributed by atoms with Gasteiger partial charge in [-0.05, 0) is 48.0 Å². The van der Waals surface area contributed by atoms with Gasteiger partial charge in [-0.2, -0.15) is 8.42 Å². The number of fused-ring (bicyclic) bond motifs is 1. The number of aryl methyl sites for hydroxylation is 1. The third-order valence-electron chi connectivity index (χ3n) is 3.32. The van der Waals surface area contributed by atoms with E-state index in [1.54, 1.807) is 36.4 Å². The summed E-state index contributed by atoms with van der Waals surface area (Å²) in [5.41, 5.74) is 0.994. The van der Waals surface area contributed by atoms with Crippen molar-refractivity contribution in [1.82, 2.24) is 0 Å². The topological polar surface area (TPSA) is 43.4 Å².